The molecule has 1 N–H and O–H groups in total. The Labute approximate surface area is 536 Å². The van der Waals surface area contributed by atoms with Gasteiger partial charge in [0.05, 0.1) is 65.6 Å². The average Bonchev–Trinajstić information content (AvgIpc) is 3.37. The third-order valence-corrected chi connectivity index (χ3v) is 14.1. The molecule has 4 aromatic carbocycles. The van der Waals surface area contributed by atoms with E-state index in [1.54, 1.807) is 58.9 Å². The standard InChI is InChI=1S/C24H21BrCl2N2O3.C15H16ClNO2.C9H6BrCl2NO.C4H8O2.C4H9O.K/c1-14-10-20(31-2)17(23(28-14)32-13-15-6-4-3-5-7-15)12-29-9-8-16-19(26)11-18(25)22(27)21(16)24(29)30;1-11-8-14(18-2)13(9-16)15(17-11)19-10-12-6-4-3-5-7-12;10-5-3-6(11)4-1-2-13-9(14)7(4)8(5)12;1-3-6-4(2)5;1-4(2,3)5;/h3-7,10-11H,8-9,12-13H2,1-2H3;3-8H,9-10H2,1-2H3;3H,1-2H2,(H,13,14);3H2,1-2H3;1-3H3;/q;;;;-1;+1. The van der Waals surface area contributed by atoms with Crippen LogP contribution < -0.4 is 80.8 Å². The van der Waals surface area contributed by atoms with E-state index in [9.17, 15) is 19.5 Å². The second-order valence-electron chi connectivity index (χ2n) is 17.7. The van der Waals surface area contributed by atoms with Crippen molar-refractivity contribution in [1.82, 2.24) is 20.2 Å². The van der Waals surface area contributed by atoms with Gasteiger partial charge in [-0.2, -0.15) is 0 Å². The molecule has 21 heteroatoms. The van der Waals surface area contributed by atoms with Crippen molar-refractivity contribution >= 4 is 108 Å². The maximum atomic E-state index is 13.4. The Balaban J connectivity index is 0.000000294. The average molecular weight is 1310 g/mol. The van der Waals surface area contributed by atoms with Gasteiger partial charge in [0.15, 0.2) is 0 Å². The predicted octanol–water partition coefficient (Wildman–Crippen LogP) is 10.7. The predicted molar refractivity (Wildman–Crippen MR) is 307 cm³/mol. The number of hydrogen-bond donors (Lipinski definition) is 1. The molecule has 8 rings (SSSR count). The molecule has 4 heterocycles. The molecule has 13 nitrogen and oxygen atoms in total. The van der Waals surface area contributed by atoms with Gasteiger partial charge in [-0.15, -0.1) is 17.2 Å². The summed E-state index contributed by atoms with van der Waals surface area (Å²) in [6, 6.07) is 26.9. The molecular weight excluding hydrogens is 1250 g/mol. The number of amides is 2. The number of carbonyl (C=O) groups excluding carboxylic acids is 3. The summed E-state index contributed by atoms with van der Waals surface area (Å²) in [6.45, 7) is 14.5. The number of benzene rings is 4. The van der Waals surface area contributed by atoms with E-state index in [-0.39, 0.29) is 75.7 Å². The number of ether oxygens (including phenoxy) is 5. The van der Waals surface area contributed by atoms with Gasteiger partial charge in [-0.05, 0) is 99.9 Å². The molecule has 0 unspecified atom stereocenters. The normalized spacial score (nSPS) is 12.1. The van der Waals surface area contributed by atoms with Crippen molar-refractivity contribution in [2.24, 2.45) is 0 Å². The second kappa shape index (κ2) is 33.5. The minimum absolute atomic E-state index is 0. The Morgan fingerprint density at radius 1 is 0.740 bits per heavy atom. The van der Waals surface area contributed by atoms with E-state index in [4.69, 9.17) is 77.0 Å². The molecule has 0 fully saturated rings. The van der Waals surface area contributed by atoms with Crippen LogP contribution in [0.25, 0.3) is 0 Å². The second-order valence-corrected chi connectivity index (χ2v) is 21.3. The number of aryl methyl sites for hydroxylation is 2. The number of rotatable bonds is 12. The Morgan fingerprint density at radius 2 is 1.18 bits per heavy atom. The minimum Gasteiger partial charge on any atom is -0.850 e. The summed E-state index contributed by atoms with van der Waals surface area (Å²) in [7, 11) is 3.21. The number of alkyl halides is 1. The van der Waals surface area contributed by atoms with Crippen LogP contribution >= 0.6 is 89.9 Å². The van der Waals surface area contributed by atoms with Gasteiger partial charge in [0, 0.05) is 62.5 Å². The molecule has 408 valence electrons. The third-order valence-electron chi connectivity index (χ3n) is 10.6. The van der Waals surface area contributed by atoms with Crippen molar-refractivity contribution in [2.45, 2.75) is 92.5 Å². The molecule has 0 radical (unpaired) electrons. The van der Waals surface area contributed by atoms with Crippen LogP contribution in [0.2, 0.25) is 20.1 Å². The Morgan fingerprint density at radius 3 is 1.61 bits per heavy atom. The van der Waals surface area contributed by atoms with Gasteiger partial charge in [0.25, 0.3) is 11.8 Å². The summed E-state index contributed by atoms with van der Waals surface area (Å²) in [5.41, 5.74) is 7.00. The molecule has 0 saturated heterocycles. The van der Waals surface area contributed by atoms with Gasteiger partial charge in [-0.3, -0.25) is 14.4 Å². The van der Waals surface area contributed by atoms with Gasteiger partial charge in [0.1, 0.15) is 24.7 Å². The zero-order valence-electron chi connectivity index (χ0n) is 44.6. The number of nitrogens with zero attached hydrogens (tertiary/aromatic N) is 3. The molecule has 0 spiro atoms. The smallest absolute Gasteiger partial charge is 0.850 e. The molecule has 0 aliphatic carbocycles. The Kier molecular flexibility index (Phi) is 29.6. The molecule has 2 aromatic heterocycles. The maximum Gasteiger partial charge on any atom is 1.00 e. The summed E-state index contributed by atoms with van der Waals surface area (Å²) in [6.07, 6.45) is 1.33. The molecule has 77 heavy (non-hydrogen) atoms. The Hall–Kier alpha value is -3.20. The molecule has 0 atom stereocenters. The number of carbonyl (C=O) groups is 3. The number of pyridine rings is 2. The van der Waals surface area contributed by atoms with E-state index in [0.717, 1.165) is 45.6 Å². The quantitative estimate of drug-likeness (QED) is 0.0537. The number of aromatic nitrogens is 2. The van der Waals surface area contributed by atoms with Crippen molar-refractivity contribution in [1.29, 1.82) is 0 Å². The maximum absolute atomic E-state index is 13.4. The van der Waals surface area contributed by atoms with Crippen molar-refractivity contribution in [3.8, 4) is 23.3 Å². The van der Waals surface area contributed by atoms with Crippen molar-refractivity contribution in [3.63, 3.8) is 0 Å². The first-order chi connectivity index (χ1) is 36.0. The van der Waals surface area contributed by atoms with Gasteiger partial charge < -0.3 is 39.0 Å². The van der Waals surface area contributed by atoms with E-state index >= 15 is 0 Å². The molecule has 0 saturated carbocycles. The SMILES string of the molecule is CC(C)(C)[O-].CCOC(C)=O.COc1cc(C)nc(OCc2ccccc2)c1CCl.COc1cc(C)nc(OCc2ccccc2)c1CN1CCc2c(Cl)cc(Br)c(Cl)c2C1=O.O=C1NCCc2c(Cl)cc(Br)c(Cl)c21.[K+]. The molecule has 0 bridgehead atoms. The van der Waals surface area contributed by atoms with Crippen LogP contribution in [0.3, 0.4) is 0 Å². The van der Waals surface area contributed by atoms with Gasteiger partial charge in [-0.25, -0.2) is 9.97 Å². The first kappa shape index (κ1) is 68.1. The zero-order chi connectivity index (χ0) is 56.3. The number of halogens is 7. The number of nitrogens with one attached hydrogen (secondary N) is 1. The monoisotopic (exact) mass is 1300 g/mol. The topological polar surface area (TPSA) is 161 Å². The van der Waals surface area contributed by atoms with Crippen LogP contribution in [0.1, 0.15) is 100 Å². The zero-order valence-corrected chi connectivity index (χ0v) is 54.7. The summed E-state index contributed by atoms with van der Waals surface area (Å²) in [4.78, 5) is 45.4. The van der Waals surface area contributed by atoms with E-state index in [1.165, 1.54) is 6.92 Å². The van der Waals surface area contributed by atoms with Crippen LogP contribution in [0, 0.1) is 13.8 Å². The van der Waals surface area contributed by atoms with Crippen LogP contribution in [-0.4, -0.2) is 72.2 Å². The first-order valence-electron chi connectivity index (χ1n) is 23.7. The van der Waals surface area contributed by atoms with Crippen LogP contribution in [0.5, 0.6) is 23.3 Å². The molecule has 6 aromatic rings. The molecular formula is C56H60Br2Cl5KN4O9. The van der Waals surface area contributed by atoms with E-state index < -0.39 is 5.60 Å². The molecule has 2 amide bonds. The van der Waals surface area contributed by atoms with Crippen LogP contribution in [0.15, 0.2) is 93.9 Å². The van der Waals surface area contributed by atoms with Crippen molar-refractivity contribution < 1.29 is 94.6 Å². The van der Waals surface area contributed by atoms with Gasteiger partial charge in [-0.1, -0.05) is 128 Å². The minimum atomic E-state index is -0.750. The van der Waals surface area contributed by atoms with E-state index in [2.05, 4.69) is 51.9 Å². The summed E-state index contributed by atoms with van der Waals surface area (Å²) in [5, 5.41) is 14.8. The summed E-state index contributed by atoms with van der Waals surface area (Å²) < 4.78 is 28.4. The molecule has 2 aliphatic heterocycles. The fraction of sp³-hybridized carbons (Fsp3) is 0.339. The largest absolute Gasteiger partial charge is 1.00 e. The number of methoxy groups -OCH3 is 2. The van der Waals surface area contributed by atoms with Crippen molar-refractivity contribution in [2.75, 3.05) is 33.9 Å². The van der Waals surface area contributed by atoms with Crippen LogP contribution in [-0.2, 0) is 48.0 Å². The number of fused-ring (bicyclic) bond motifs is 2. The fourth-order valence-corrected chi connectivity index (χ4v) is 9.73. The van der Waals surface area contributed by atoms with Crippen molar-refractivity contribution in [3.05, 3.63) is 170 Å². The van der Waals surface area contributed by atoms with Crippen LogP contribution in [0.4, 0.5) is 0 Å². The summed E-state index contributed by atoms with van der Waals surface area (Å²) in [5.74, 6) is 2.08. The molecule has 2 aliphatic rings. The first-order valence-corrected chi connectivity index (χ1v) is 27.4. The van der Waals surface area contributed by atoms with E-state index in [0.29, 0.717) is 114 Å². The van der Waals surface area contributed by atoms with Gasteiger partial charge >= 0.3 is 57.4 Å². The number of hydrogen-bond acceptors (Lipinski definition) is 11. The number of esters is 1. The third kappa shape index (κ3) is 21.3. The fourth-order valence-electron chi connectivity index (χ4n) is 7.26. The van der Waals surface area contributed by atoms with E-state index in [1.807, 2.05) is 86.6 Å². The summed E-state index contributed by atoms with van der Waals surface area (Å²) >= 11 is 37.5. The van der Waals surface area contributed by atoms with Gasteiger partial charge in [0.2, 0.25) is 11.8 Å². The Bertz CT molecular complexity index is 2930.